The van der Waals surface area contributed by atoms with Gasteiger partial charge in [-0.15, -0.1) is 0 Å². The summed E-state index contributed by atoms with van der Waals surface area (Å²) >= 11 is 0. The molecule has 1 saturated carbocycles. The minimum atomic E-state index is -5.24. The van der Waals surface area contributed by atoms with Crippen molar-refractivity contribution in [1.82, 2.24) is 15.5 Å². The molecule has 10 heteroatoms. The maximum absolute atomic E-state index is 13.8. The van der Waals surface area contributed by atoms with Crippen molar-refractivity contribution in [3.63, 3.8) is 0 Å². The molecule has 0 aromatic carbocycles. The third-order valence-corrected chi connectivity index (χ3v) is 5.52. The van der Waals surface area contributed by atoms with Crippen LogP contribution >= 0.6 is 0 Å². The van der Waals surface area contributed by atoms with E-state index in [0.717, 1.165) is 18.8 Å². The third-order valence-electron chi connectivity index (χ3n) is 5.52. The lowest BCUT2D eigenvalue weighted by atomic mass is 9.77. The molecule has 0 bridgehead atoms. The number of carbonyl (C=O) groups excluding carboxylic acids is 3. The molecule has 7 nitrogen and oxygen atoms in total. The molecule has 27 heavy (non-hydrogen) atoms. The Morgan fingerprint density at radius 1 is 1.33 bits per heavy atom. The topological polar surface area (TPSA) is 91.7 Å². The lowest BCUT2D eigenvalue weighted by Crippen LogP contribution is -2.69. The number of hydrogen-bond acceptors (Lipinski definition) is 4. The summed E-state index contributed by atoms with van der Waals surface area (Å²) in [4.78, 5) is 38.0. The van der Waals surface area contributed by atoms with Gasteiger partial charge in [0.2, 0.25) is 0 Å². The van der Waals surface area contributed by atoms with Crippen molar-refractivity contribution in [3.8, 4) is 0 Å². The molecular formula is C17H20F3N3O4. The molecule has 2 aliphatic rings. The van der Waals surface area contributed by atoms with E-state index in [0.29, 0.717) is 17.7 Å². The summed E-state index contributed by atoms with van der Waals surface area (Å²) < 4.78 is 46.3. The summed E-state index contributed by atoms with van der Waals surface area (Å²) in [5.41, 5.74) is -3.52. The highest BCUT2D eigenvalue weighted by Crippen LogP contribution is 2.39. The van der Waals surface area contributed by atoms with Crippen molar-refractivity contribution in [3.05, 3.63) is 24.2 Å². The Balaban J connectivity index is 1.94. The van der Waals surface area contributed by atoms with Crippen molar-refractivity contribution >= 4 is 17.8 Å². The van der Waals surface area contributed by atoms with Crippen molar-refractivity contribution in [1.29, 1.82) is 0 Å². The first-order valence-corrected chi connectivity index (χ1v) is 8.67. The van der Waals surface area contributed by atoms with Crippen molar-refractivity contribution in [2.75, 3.05) is 0 Å². The van der Waals surface area contributed by atoms with Crippen LogP contribution in [0.2, 0.25) is 0 Å². The van der Waals surface area contributed by atoms with Gasteiger partial charge in [-0.3, -0.25) is 19.8 Å². The van der Waals surface area contributed by atoms with Crippen LogP contribution < -0.4 is 10.6 Å². The second-order valence-electron chi connectivity index (χ2n) is 7.12. The van der Waals surface area contributed by atoms with Gasteiger partial charge in [0.15, 0.2) is 5.76 Å². The Hall–Kier alpha value is -2.52. The van der Waals surface area contributed by atoms with E-state index in [2.05, 4.69) is 0 Å². The van der Waals surface area contributed by atoms with E-state index < -0.39 is 41.5 Å². The van der Waals surface area contributed by atoms with Gasteiger partial charge in [0.05, 0.1) is 6.26 Å². The molecule has 1 aliphatic heterocycles. The van der Waals surface area contributed by atoms with E-state index in [4.69, 9.17) is 4.42 Å². The molecule has 1 aromatic rings. The van der Waals surface area contributed by atoms with E-state index in [1.807, 2.05) is 13.8 Å². The maximum Gasteiger partial charge on any atom is 0.440 e. The highest BCUT2D eigenvalue weighted by molar-refractivity contribution is 6.10. The molecule has 2 N–H and O–H groups in total. The maximum atomic E-state index is 13.8. The second kappa shape index (κ2) is 6.58. The zero-order valence-electron chi connectivity index (χ0n) is 14.8. The number of nitrogens with one attached hydrogen (secondary N) is 2. The lowest BCUT2D eigenvalue weighted by molar-refractivity contribution is -0.201. The molecule has 1 aromatic heterocycles. The van der Waals surface area contributed by atoms with Crippen LogP contribution in [0.3, 0.4) is 0 Å². The van der Waals surface area contributed by atoms with Crippen LogP contribution in [0, 0.1) is 11.8 Å². The number of urea groups is 1. The van der Waals surface area contributed by atoms with Crippen LogP contribution in [-0.2, 0) is 4.79 Å². The van der Waals surface area contributed by atoms with Crippen LogP contribution in [0.25, 0.3) is 0 Å². The average Bonchev–Trinajstić information content (AvgIpc) is 3.18. The zero-order valence-corrected chi connectivity index (χ0v) is 14.8. The number of rotatable bonds is 3. The van der Waals surface area contributed by atoms with Gasteiger partial charge in [-0.1, -0.05) is 26.7 Å². The number of amides is 4. The Kier molecular flexibility index (Phi) is 4.69. The van der Waals surface area contributed by atoms with E-state index in [-0.39, 0.29) is 11.8 Å². The molecule has 1 saturated heterocycles. The summed E-state index contributed by atoms with van der Waals surface area (Å²) in [6, 6.07) is 0.652. The smallest absolute Gasteiger partial charge is 0.440 e. The van der Waals surface area contributed by atoms with Gasteiger partial charge < -0.3 is 9.73 Å². The number of furan rings is 1. The lowest BCUT2D eigenvalue weighted by Gasteiger charge is -2.38. The van der Waals surface area contributed by atoms with Crippen molar-refractivity contribution in [2.45, 2.75) is 51.0 Å². The summed E-state index contributed by atoms with van der Waals surface area (Å²) in [6.45, 7) is 3.75. The van der Waals surface area contributed by atoms with E-state index >= 15 is 0 Å². The number of imide groups is 1. The average molecular weight is 387 g/mol. The fraction of sp³-hybridized carbons (Fsp3) is 0.588. The predicted molar refractivity (Wildman–Crippen MR) is 86.3 cm³/mol. The molecule has 2 fully saturated rings. The summed E-state index contributed by atoms with van der Waals surface area (Å²) in [7, 11) is 0. The van der Waals surface area contributed by atoms with Gasteiger partial charge in [-0.25, -0.2) is 4.79 Å². The predicted octanol–water partition coefficient (Wildman–Crippen LogP) is 2.64. The molecule has 148 valence electrons. The largest absolute Gasteiger partial charge is 0.459 e. The Morgan fingerprint density at radius 3 is 2.63 bits per heavy atom. The van der Waals surface area contributed by atoms with Gasteiger partial charge in [0.25, 0.3) is 17.5 Å². The van der Waals surface area contributed by atoms with Crippen LogP contribution in [0.4, 0.5) is 18.0 Å². The molecule has 4 atom stereocenters. The fourth-order valence-electron chi connectivity index (χ4n) is 3.75. The number of halogens is 3. The number of hydrogen-bond donors (Lipinski definition) is 2. The molecule has 0 unspecified atom stereocenters. The third kappa shape index (κ3) is 3.06. The minimum absolute atomic E-state index is 0.154. The number of alkyl halides is 3. The van der Waals surface area contributed by atoms with Crippen LogP contribution in [0.1, 0.15) is 43.7 Å². The molecule has 4 amide bonds. The molecule has 3 rings (SSSR count). The Morgan fingerprint density at radius 2 is 2.04 bits per heavy atom. The van der Waals surface area contributed by atoms with Gasteiger partial charge >= 0.3 is 12.2 Å². The monoisotopic (exact) mass is 387 g/mol. The van der Waals surface area contributed by atoms with Crippen molar-refractivity contribution in [2.24, 2.45) is 11.8 Å². The Labute approximate surface area is 153 Å². The van der Waals surface area contributed by atoms with E-state index in [1.54, 1.807) is 10.6 Å². The summed E-state index contributed by atoms with van der Waals surface area (Å²) in [5.74, 6) is -3.18. The fourth-order valence-corrected chi connectivity index (χ4v) is 3.75. The van der Waals surface area contributed by atoms with Gasteiger partial charge in [0.1, 0.15) is 0 Å². The zero-order chi connectivity index (χ0) is 20.0. The van der Waals surface area contributed by atoms with Crippen molar-refractivity contribution < 1.29 is 32.0 Å². The highest BCUT2D eigenvalue weighted by Gasteiger charge is 2.70. The molecular weight excluding hydrogens is 367 g/mol. The molecule has 2 heterocycles. The van der Waals surface area contributed by atoms with Crippen LogP contribution in [0.15, 0.2) is 22.8 Å². The quantitative estimate of drug-likeness (QED) is 0.780. The molecule has 0 spiro atoms. The van der Waals surface area contributed by atoms with Crippen LogP contribution in [0.5, 0.6) is 0 Å². The van der Waals surface area contributed by atoms with E-state index in [1.165, 1.54) is 6.07 Å². The van der Waals surface area contributed by atoms with Gasteiger partial charge in [-0.05, 0) is 30.4 Å². The highest BCUT2D eigenvalue weighted by atomic mass is 19.4. The number of carbonyl (C=O) groups is 3. The molecule has 0 radical (unpaired) electrons. The van der Waals surface area contributed by atoms with Gasteiger partial charge in [0, 0.05) is 6.04 Å². The normalized spacial score (nSPS) is 31.7. The summed E-state index contributed by atoms with van der Waals surface area (Å²) in [5, 5.41) is 3.30. The Bertz CT molecular complexity index is 749. The SMILES string of the molecule is C[C@@H]1[C@H](C)CCC[C@H]1N1C(=O)N[C@@](NC(=O)c2ccco2)(C(F)(F)F)C1=O. The standard InChI is InChI=1S/C17H20F3N3O4/c1-9-5-3-6-11(10(9)2)23-14(25)16(17(18,19)20,22-15(23)26)21-13(24)12-7-4-8-27-12/h4,7-11H,3,5-6H2,1-2H3,(H,21,24)(H,22,26)/t9-,10-,11-,16-/m1/s1. The minimum Gasteiger partial charge on any atom is -0.459 e. The van der Waals surface area contributed by atoms with E-state index in [9.17, 15) is 27.6 Å². The second-order valence-corrected chi connectivity index (χ2v) is 7.12. The van der Waals surface area contributed by atoms with Crippen LogP contribution in [-0.4, -0.2) is 40.6 Å². The first kappa shape index (κ1) is 19.2. The first-order chi connectivity index (χ1) is 12.6. The van der Waals surface area contributed by atoms with Gasteiger partial charge in [-0.2, -0.15) is 13.2 Å². The first-order valence-electron chi connectivity index (χ1n) is 8.67. The summed E-state index contributed by atoms with van der Waals surface area (Å²) in [6.07, 6.45) is -2.13. The number of nitrogens with zero attached hydrogens (tertiary/aromatic N) is 1. The molecule has 1 aliphatic carbocycles.